The van der Waals surface area contributed by atoms with Gasteiger partial charge in [-0.25, -0.2) is 17.9 Å². The summed E-state index contributed by atoms with van der Waals surface area (Å²) in [6.07, 6.45) is 0. The number of phenolic OH excluding ortho intramolecular Hbond substituents is 1. The van der Waals surface area contributed by atoms with Crippen LogP contribution in [0.2, 0.25) is 0 Å². The molecule has 0 bridgehead atoms. The molecule has 0 heterocycles. The number of rotatable bonds is 6. The molecular weight excluding hydrogens is 426 g/mol. The van der Waals surface area contributed by atoms with Gasteiger partial charge in [0, 0.05) is 0 Å². The van der Waals surface area contributed by atoms with Gasteiger partial charge in [0.1, 0.15) is 17.1 Å². The highest BCUT2D eigenvalue weighted by molar-refractivity contribution is 7.90. The Morgan fingerprint density at radius 1 is 0.774 bits per heavy atom. The summed E-state index contributed by atoms with van der Waals surface area (Å²) in [4.78, 5) is 23.0. The predicted molar refractivity (Wildman–Crippen MR) is 108 cm³/mol. The van der Waals surface area contributed by atoms with Crippen molar-refractivity contribution < 1.29 is 33.3 Å². The quantitative estimate of drug-likeness (QED) is 0.426. The van der Waals surface area contributed by atoms with Crippen LogP contribution in [0.4, 0.5) is 11.4 Å². The average Bonchev–Trinajstić information content (AvgIpc) is 2.73. The molecule has 3 aromatic carbocycles. The number of phenols is 2. The standard InChI is InChI=1S/C20H15N3O7S/c24-17-4-2-1-3-15(17)19(26)23-31(29,30)14-8-5-12(6-9-14)21-22-13-7-10-18(25)16(11-13)20(27)28/h1-11,24-25H,(H,23,26)(H,27,28). The van der Waals surface area contributed by atoms with Crippen LogP contribution in [-0.4, -0.2) is 35.6 Å². The van der Waals surface area contributed by atoms with Gasteiger partial charge in [-0.05, 0) is 54.6 Å². The molecule has 0 saturated heterocycles. The number of carboxylic acid groups (broad SMARTS) is 1. The molecule has 10 nitrogen and oxygen atoms in total. The summed E-state index contributed by atoms with van der Waals surface area (Å²) >= 11 is 0. The molecule has 0 atom stereocenters. The van der Waals surface area contributed by atoms with Crippen LogP contribution >= 0.6 is 0 Å². The summed E-state index contributed by atoms with van der Waals surface area (Å²) in [5.41, 5.74) is -0.0954. The first-order chi connectivity index (χ1) is 14.7. The van der Waals surface area contributed by atoms with Crippen LogP contribution in [0.3, 0.4) is 0 Å². The summed E-state index contributed by atoms with van der Waals surface area (Å²) in [6, 6.07) is 14.2. The van der Waals surface area contributed by atoms with Crippen LogP contribution < -0.4 is 4.72 Å². The maximum atomic E-state index is 12.4. The number of para-hydroxylation sites is 1. The van der Waals surface area contributed by atoms with Crippen LogP contribution in [-0.2, 0) is 10.0 Å². The molecule has 31 heavy (non-hydrogen) atoms. The molecule has 0 radical (unpaired) electrons. The van der Waals surface area contributed by atoms with E-state index in [1.807, 2.05) is 4.72 Å². The van der Waals surface area contributed by atoms with E-state index < -0.39 is 27.6 Å². The third kappa shape index (κ3) is 5.03. The lowest BCUT2D eigenvalue weighted by atomic mass is 10.2. The minimum absolute atomic E-state index is 0.168. The molecule has 11 heteroatoms. The number of aromatic hydroxyl groups is 2. The van der Waals surface area contributed by atoms with Gasteiger partial charge in [-0.3, -0.25) is 4.79 Å². The van der Waals surface area contributed by atoms with Crippen molar-refractivity contribution in [1.82, 2.24) is 4.72 Å². The number of amides is 1. The molecule has 4 N–H and O–H groups in total. The highest BCUT2D eigenvalue weighted by Crippen LogP contribution is 2.25. The van der Waals surface area contributed by atoms with E-state index in [0.717, 1.165) is 6.07 Å². The molecule has 158 valence electrons. The first-order valence-electron chi connectivity index (χ1n) is 8.60. The number of hydrogen-bond acceptors (Lipinski definition) is 8. The number of sulfonamides is 1. The van der Waals surface area contributed by atoms with E-state index >= 15 is 0 Å². The van der Waals surface area contributed by atoms with Crippen molar-refractivity contribution in [2.45, 2.75) is 4.90 Å². The van der Waals surface area contributed by atoms with E-state index in [-0.39, 0.29) is 33.1 Å². The number of azo groups is 1. The second-order valence-electron chi connectivity index (χ2n) is 6.15. The Morgan fingerprint density at radius 3 is 2.00 bits per heavy atom. The number of carboxylic acids is 1. The smallest absolute Gasteiger partial charge is 0.339 e. The highest BCUT2D eigenvalue weighted by Gasteiger charge is 2.20. The number of nitrogens with one attached hydrogen (secondary N) is 1. The molecule has 0 aromatic heterocycles. The van der Waals surface area contributed by atoms with Gasteiger partial charge in [0.25, 0.3) is 15.9 Å². The molecule has 3 rings (SSSR count). The zero-order valence-electron chi connectivity index (χ0n) is 15.6. The maximum absolute atomic E-state index is 12.4. The first kappa shape index (κ1) is 21.5. The van der Waals surface area contributed by atoms with Crippen molar-refractivity contribution in [3.8, 4) is 11.5 Å². The lowest BCUT2D eigenvalue weighted by Crippen LogP contribution is -2.30. The average molecular weight is 441 g/mol. The van der Waals surface area contributed by atoms with Crippen molar-refractivity contribution in [1.29, 1.82) is 0 Å². The molecule has 0 aliphatic carbocycles. The van der Waals surface area contributed by atoms with Crippen LogP contribution in [0, 0.1) is 0 Å². The Hall–Kier alpha value is -4.25. The van der Waals surface area contributed by atoms with Gasteiger partial charge in [-0.2, -0.15) is 10.2 Å². The van der Waals surface area contributed by atoms with Gasteiger partial charge >= 0.3 is 5.97 Å². The molecule has 3 aromatic rings. The molecule has 0 unspecified atom stereocenters. The molecule has 0 fully saturated rings. The van der Waals surface area contributed by atoms with Gasteiger partial charge < -0.3 is 15.3 Å². The van der Waals surface area contributed by atoms with E-state index in [1.165, 1.54) is 60.7 Å². The monoisotopic (exact) mass is 441 g/mol. The van der Waals surface area contributed by atoms with Gasteiger partial charge in [-0.1, -0.05) is 12.1 Å². The number of carbonyl (C=O) groups excluding carboxylic acids is 1. The SMILES string of the molecule is O=C(O)c1cc(N=Nc2ccc(S(=O)(=O)NC(=O)c3ccccc3O)cc2)ccc1O. The Bertz CT molecular complexity index is 1290. The van der Waals surface area contributed by atoms with Crippen molar-refractivity contribution in [2.75, 3.05) is 0 Å². The normalized spacial score (nSPS) is 11.4. The fourth-order valence-corrected chi connectivity index (χ4v) is 3.43. The third-order valence-corrected chi connectivity index (χ3v) is 5.36. The Kier molecular flexibility index (Phi) is 5.97. The first-order valence-corrected chi connectivity index (χ1v) is 10.1. The lowest BCUT2D eigenvalue weighted by Gasteiger charge is -2.08. The third-order valence-electron chi connectivity index (χ3n) is 4.01. The number of carbonyl (C=O) groups is 2. The molecular formula is C20H15N3O7S. The van der Waals surface area contributed by atoms with E-state index in [1.54, 1.807) is 0 Å². The highest BCUT2D eigenvalue weighted by atomic mass is 32.2. The Balaban J connectivity index is 1.76. The number of benzene rings is 3. The van der Waals surface area contributed by atoms with E-state index in [0.29, 0.717) is 0 Å². The zero-order valence-corrected chi connectivity index (χ0v) is 16.4. The minimum atomic E-state index is -4.20. The zero-order chi connectivity index (χ0) is 22.6. The van der Waals surface area contributed by atoms with Crippen LogP contribution in [0.5, 0.6) is 11.5 Å². The molecule has 0 saturated carbocycles. The Morgan fingerprint density at radius 2 is 1.35 bits per heavy atom. The van der Waals surface area contributed by atoms with Crippen molar-refractivity contribution >= 4 is 33.3 Å². The summed E-state index contributed by atoms with van der Waals surface area (Å²) in [5.74, 6) is -3.07. The van der Waals surface area contributed by atoms with Crippen molar-refractivity contribution in [3.05, 3.63) is 77.9 Å². The van der Waals surface area contributed by atoms with Crippen LogP contribution in [0.25, 0.3) is 0 Å². The number of nitrogens with zero attached hydrogens (tertiary/aromatic N) is 2. The minimum Gasteiger partial charge on any atom is -0.507 e. The molecule has 0 spiro atoms. The second kappa shape index (κ2) is 8.63. The van der Waals surface area contributed by atoms with Gasteiger partial charge in [-0.15, -0.1) is 0 Å². The van der Waals surface area contributed by atoms with Crippen LogP contribution in [0.1, 0.15) is 20.7 Å². The van der Waals surface area contributed by atoms with E-state index in [2.05, 4.69) is 10.2 Å². The van der Waals surface area contributed by atoms with Crippen molar-refractivity contribution in [2.24, 2.45) is 10.2 Å². The maximum Gasteiger partial charge on any atom is 0.339 e. The topological polar surface area (TPSA) is 166 Å². The fraction of sp³-hybridized carbons (Fsp3) is 0. The predicted octanol–water partition coefficient (Wildman–Crippen LogP) is 3.33. The Labute approximate surface area is 176 Å². The summed E-state index contributed by atoms with van der Waals surface area (Å²) in [7, 11) is -4.20. The molecule has 0 aliphatic heterocycles. The summed E-state index contributed by atoms with van der Waals surface area (Å²) in [5, 5.41) is 35.9. The second-order valence-corrected chi connectivity index (χ2v) is 7.83. The molecule has 0 aliphatic rings. The molecule has 1 amide bonds. The van der Waals surface area contributed by atoms with Gasteiger partial charge in [0.05, 0.1) is 21.8 Å². The van der Waals surface area contributed by atoms with E-state index in [4.69, 9.17) is 5.11 Å². The summed E-state index contributed by atoms with van der Waals surface area (Å²) in [6.45, 7) is 0. The fourth-order valence-electron chi connectivity index (χ4n) is 2.47. The summed E-state index contributed by atoms with van der Waals surface area (Å²) < 4.78 is 26.7. The number of aromatic carboxylic acids is 1. The van der Waals surface area contributed by atoms with E-state index in [9.17, 15) is 28.2 Å². The lowest BCUT2D eigenvalue weighted by molar-refractivity contribution is 0.0693. The number of hydrogen-bond donors (Lipinski definition) is 4. The van der Waals surface area contributed by atoms with Crippen molar-refractivity contribution in [3.63, 3.8) is 0 Å². The van der Waals surface area contributed by atoms with Crippen LogP contribution in [0.15, 0.2) is 81.9 Å². The van der Waals surface area contributed by atoms with Gasteiger partial charge in [0.2, 0.25) is 0 Å². The largest absolute Gasteiger partial charge is 0.507 e. The van der Waals surface area contributed by atoms with Gasteiger partial charge in [0.15, 0.2) is 0 Å².